The first-order valence-corrected chi connectivity index (χ1v) is 5.82. The lowest BCUT2D eigenvalue weighted by molar-refractivity contribution is 0.0693. The molecule has 0 spiro atoms. The summed E-state index contributed by atoms with van der Waals surface area (Å²) in [4.78, 5) is 15.9. The summed E-state index contributed by atoms with van der Waals surface area (Å²) in [6, 6.07) is 5.17. The topological polar surface area (TPSA) is 63.3 Å². The summed E-state index contributed by atoms with van der Waals surface area (Å²) in [6.07, 6.45) is 1.54. The first-order valence-electron chi connectivity index (χ1n) is 5.01. The minimum atomic E-state index is -0.945. The average Bonchev–Trinajstić information content (AvgIpc) is 2.67. The number of nitrogens with zero attached hydrogens (tertiary/aromatic N) is 1. The van der Waals surface area contributed by atoms with E-state index in [0.29, 0.717) is 10.1 Å². The highest BCUT2D eigenvalue weighted by Gasteiger charge is 2.15. The van der Waals surface area contributed by atoms with Crippen molar-refractivity contribution in [3.63, 3.8) is 0 Å². The van der Waals surface area contributed by atoms with Crippen LogP contribution in [-0.2, 0) is 0 Å². The smallest absolute Gasteiger partial charge is 0.336 e. The van der Waals surface area contributed by atoms with Crippen LogP contribution in [0.25, 0.3) is 0 Å². The third kappa shape index (κ3) is 2.50. The van der Waals surface area contributed by atoms with Crippen molar-refractivity contribution in [3.8, 4) is 0 Å². The van der Waals surface area contributed by atoms with Gasteiger partial charge in [-0.25, -0.2) is 9.78 Å². The zero-order chi connectivity index (χ0) is 12.4. The molecule has 1 heterocycles. The normalized spacial score (nSPS) is 10.5. The third-order valence-electron chi connectivity index (χ3n) is 2.23. The van der Waals surface area contributed by atoms with Gasteiger partial charge in [0, 0.05) is 4.90 Å². The van der Waals surface area contributed by atoms with Crippen LogP contribution >= 0.6 is 11.8 Å². The van der Waals surface area contributed by atoms with Gasteiger partial charge in [-0.1, -0.05) is 12.1 Å². The Morgan fingerprint density at radius 3 is 2.76 bits per heavy atom. The van der Waals surface area contributed by atoms with E-state index in [9.17, 15) is 4.79 Å². The summed E-state index contributed by atoms with van der Waals surface area (Å²) in [5.41, 5.74) is 1.94. The monoisotopic (exact) mass is 249 g/mol. The molecule has 0 unspecified atom stereocenters. The second kappa shape index (κ2) is 4.63. The Kier molecular flexibility index (Phi) is 3.19. The molecule has 0 saturated heterocycles. The van der Waals surface area contributed by atoms with E-state index in [-0.39, 0.29) is 5.56 Å². The van der Waals surface area contributed by atoms with Crippen LogP contribution in [-0.4, -0.2) is 16.1 Å². The fourth-order valence-electron chi connectivity index (χ4n) is 1.42. The first kappa shape index (κ1) is 11.7. The molecule has 0 radical (unpaired) electrons. The highest BCUT2D eigenvalue weighted by molar-refractivity contribution is 7.99. The predicted octanol–water partition coefficient (Wildman–Crippen LogP) is 3.14. The van der Waals surface area contributed by atoms with Crippen molar-refractivity contribution in [2.45, 2.75) is 24.0 Å². The molecule has 0 saturated carbocycles. The van der Waals surface area contributed by atoms with Crippen molar-refractivity contribution >= 4 is 17.7 Å². The maximum atomic E-state index is 11.1. The van der Waals surface area contributed by atoms with Crippen molar-refractivity contribution in [1.82, 2.24) is 4.98 Å². The minimum absolute atomic E-state index is 0.269. The van der Waals surface area contributed by atoms with E-state index in [1.54, 1.807) is 18.4 Å². The zero-order valence-corrected chi connectivity index (χ0v) is 10.2. The Balaban J connectivity index is 2.40. The molecule has 0 fully saturated rings. The summed E-state index contributed by atoms with van der Waals surface area (Å²) in [6.45, 7) is 3.69. The van der Waals surface area contributed by atoms with Crippen LogP contribution in [0.5, 0.6) is 0 Å². The van der Waals surface area contributed by atoms with Crippen LogP contribution in [0.4, 0.5) is 0 Å². The van der Waals surface area contributed by atoms with Gasteiger partial charge in [0.05, 0.1) is 11.3 Å². The maximum Gasteiger partial charge on any atom is 0.336 e. The Morgan fingerprint density at radius 2 is 2.18 bits per heavy atom. The zero-order valence-electron chi connectivity index (χ0n) is 9.43. The molecule has 0 amide bonds. The lowest BCUT2D eigenvalue weighted by Crippen LogP contribution is -2.00. The van der Waals surface area contributed by atoms with E-state index in [2.05, 4.69) is 4.98 Å². The fourth-order valence-corrected chi connectivity index (χ4v) is 2.38. The molecule has 1 N–H and O–H groups in total. The first-order chi connectivity index (χ1) is 8.08. The molecule has 1 aromatic carbocycles. The molecule has 2 rings (SSSR count). The molecule has 0 atom stereocenters. The molecule has 88 valence electrons. The van der Waals surface area contributed by atoms with Gasteiger partial charge in [0.2, 0.25) is 0 Å². The number of hydrogen-bond donors (Lipinski definition) is 1. The second-order valence-electron chi connectivity index (χ2n) is 3.61. The number of rotatable bonds is 3. The maximum absolute atomic E-state index is 11.1. The molecule has 0 aliphatic heterocycles. The average molecular weight is 249 g/mol. The molecule has 4 nitrogen and oxygen atoms in total. The van der Waals surface area contributed by atoms with Crippen molar-refractivity contribution in [2.24, 2.45) is 0 Å². The Labute approximate surface area is 103 Å². The largest absolute Gasteiger partial charge is 0.478 e. The third-order valence-corrected chi connectivity index (χ3v) is 3.34. The van der Waals surface area contributed by atoms with Crippen molar-refractivity contribution in [3.05, 3.63) is 41.3 Å². The molecule has 2 aromatic rings. The number of carbonyl (C=O) groups is 1. The number of aromatic carboxylic acids is 1. The summed E-state index contributed by atoms with van der Waals surface area (Å²) in [5, 5.41) is 9.57. The Hall–Kier alpha value is -1.75. The van der Waals surface area contributed by atoms with Crippen LogP contribution in [0.15, 0.2) is 39.0 Å². The highest BCUT2D eigenvalue weighted by Crippen LogP contribution is 2.32. The van der Waals surface area contributed by atoms with E-state index in [1.165, 1.54) is 11.8 Å². The van der Waals surface area contributed by atoms with E-state index in [1.807, 2.05) is 19.9 Å². The quantitative estimate of drug-likeness (QED) is 0.905. The number of benzene rings is 1. The number of aromatic nitrogens is 1. The van der Waals surface area contributed by atoms with E-state index in [4.69, 9.17) is 9.52 Å². The summed E-state index contributed by atoms with van der Waals surface area (Å²) < 4.78 is 5.22. The summed E-state index contributed by atoms with van der Waals surface area (Å²) >= 11 is 1.23. The minimum Gasteiger partial charge on any atom is -0.478 e. The van der Waals surface area contributed by atoms with E-state index < -0.39 is 5.97 Å². The van der Waals surface area contributed by atoms with Crippen molar-refractivity contribution in [1.29, 1.82) is 0 Å². The van der Waals surface area contributed by atoms with Gasteiger partial charge in [0.15, 0.2) is 0 Å². The van der Waals surface area contributed by atoms with Crippen LogP contribution in [0, 0.1) is 13.8 Å². The van der Waals surface area contributed by atoms with Crippen LogP contribution in [0.2, 0.25) is 0 Å². The molecule has 17 heavy (non-hydrogen) atoms. The lowest BCUT2D eigenvalue weighted by atomic mass is 10.1. The predicted molar refractivity (Wildman–Crippen MR) is 63.5 cm³/mol. The summed E-state index contributed by atoms with van der Waals surface area (Å²) in [7, 11) is 0. The lowest BCUT2D eigenvalue weighted by Gasteiger charge is -2.06. The molecule has 0 aliphatic carbocycles. The van der Waals surface area contributed by atoms with Gasteiger partial charge in [0.25, 0.3) is 5.22 Å². The molecular formula is C12H11NO3S. The number of carboxylic acids is 1. The SMILES string of the molecule is Cc1coc(Sc2c(C)cccc2C(=O)O)n1. The number of aryl methyl sites for hydroxylation is 2. The van der Waals surface area contributed by atoms with Gasteiger partial charge in [-0.15, -0.1) is 0 Å². The van der Waals surface area contributed by atoms with Gasteiger partial charge in [-0.2, -0.15) is 0 Å². The van der Waals surface area contributed by atoms with Gasteiger partial charge < -0.3 is 9.52 Å². The van der Waals surface area contributed by atoms with Gasteiger partial charge in [0.1, 0.15) is 6.26 Å². The number of carboxylic acid groups (broad SMARTS) is 1. The van der Waals surface area contributed by atoms with Crippen LogP contribution < -0.4 is 0 Å². The number of hydrogen-bond acceptors (Lipinski definition) is 4. The van der Waals surface area contributed by atoms with E-state index in [0.717, 1.165) is 11.3 Å². The van der Waals surface area contributed by atoms with Gasteiger partial charge in [-0.3, -0.25) is 0 Å². The highest BCUT2D eigenvalue weighted by atomic mass is 32.2. The van der Waals surface area contributed by atoms with Crippen molar-refractivity contribution < 1.29 is 14.3 Å². The van der Waals surface area contributed by atoms with Gasteiger partial charge in [-0.05, 0) is 37.2 Å². The fraction of sp³-hybridized carbons (Fsp3) is 0.167. The van der Waals surface area contributed by atoms with Crippen LogP contribution in [0.1, 0.15) is 21.6 Å². The van der Waals surface area contributed by atoms with Crippen molar-refractivity contribution in [2.75, 3.05) is 0 Å². The van der Waals surface area contributed by atoms with Gasteiger partial charge >= 0.3 is 5.97 Å². The standard InChI is InChI=1S/C12H11NO3S/c1-7-4-3-5-9(11(14)15)10(7)17-12-13-8(2)6-16-12/h3-6H,1-2H3,(H,14,15). The second-order valence-corrected chi connectivity index (χ2v) is 4.58. The Morgan fingerprint density at radius 1 is 1.41 bits per heavy atom. The van der Waals surface area contributed by atoms with Crippen LogP contribution in [0.3, 0.4) is 0 Å². The summed E-state index contributed by atoms with van der Waals surface area (Å²) in [5.74, 6) is -0.945. The molecule has 0 bridgehead atoms. The Bertz CT molecular complexity index is 563. The molecule has 0 aliphatic rings. The molecular weight excluding hydrogens is 238 g/mol. The van der Waals surface area contributed by atoms with E-state index >= 15 is 0 Å². The number of oxazole rings is 1. The molecule has 5 heteroatoms. The molecule has 1 aromatic heterocycles.